The third-order valence-electron chi connectivity index (χ3n) is 2.78. The first-order chi connectivity index (χ1) is 11.8. The lowest BCUT2D eigenvalue weighted by atomic mass is 10.2. The van der Waals surface area contributed by atoms with Gasteiger partial charge in [-0.1, -0.05) is 0 Å². The molecule has 1 N–H and O–H groups in total. The number of rotatable bonds is 6. The summed E-state index contributed by atoms with van der Waals surface area (Å²) in [4.78, 5) is 15.2. The van der Waals surface area contributed by atoms with E-state index in [-0.39, 0.29) is 18.2 Å². The summed E-state index contributed by atoms with van der Waals surface area (Å²) in [5.74, 6) is -10.8. The van der Waals surface area contributed by atoms with Crippen molar-refractivity contribution in [3.8, 4) is 0 Å². The molecule has 0 aliphatic rings. The molecule has 0 spiro atoms. The Balaban J connectivity index is 2.10. The normalized spacial score (nSPS) is 11.1. The summed E-state index contributed by atoms with van der Waals surface area (Å²) in [6, 6.07) is 0. The summed E-state index contributed by atoms with van der Waals surface area (Å²) in [5, 5.41) is 5.07. The first-order valence-corrected chi connectivity index (χ1v) is 7.63. The van der Waals surface area contributed by atoms with E-state index in [2.05, 4.69) is 15.5 Å². The number of esters is 1. The van der Waals surface area contributed by atoms with Crippen LogP contribution in [0.1, 0.15) is 18.2 Å². The molecular formula is C14H10F5N3O2S. The first-order valence-electron chi connectivity index (χ1n) is 6.75. The molecule has 11 heteroatoms. The second-order valence-corrected chi connectivity index (χ2v) is 5.34. The highest BCUT2D eigenvalue weighted by Gasteiger charge is 2.24. The maximum absolute atomic E-state index is 13.4. The Kier molecular flexibility index (Phi) is 6.02. The number of hydrogen-bond donors (Lipinski definition) is 1. The molecule has 0 aliphatic heterocycles. The number of anilines is 1. The van der Waals surface area contributed by atoms with E-state index >= 15 is 0 Å². The molecule has 1 heterocycles. The number of thiazole rings is 1. The van der Waals surface area contributed by atoms with Gasteiger partial charge in [0.1, 0.15) is 0 Å². The van der Waals surface area contributed by atoms with Crippen molar-refractivity contribution in [1.82, 2.24) is 4.98 Å². The lowest BCUT2D eigenvalue weighted by Crippen LogP contribution is -2.08. The van der Waals surface area contributed by atoms with Crippen LogP contribution in [0.25, 0.3) is 0 Å². The zero-order valence-corrected chi connectivity index (χ0v) is 13.4. The SMILES string of the molecule is CCOC(=O)Cc1csc(NN=Cc2c(F)c(F)c(F)c(F)c2F)n1. The van der Waals surface area contributed by atoms with Gasteiger partial charge in [-0.25, -0.2) is 26.9 Å². The number of nitrogens with one attached hydrogen (secondary N) is 1. The van der Waals surface area contributed by atoms with Crippen molar-refractivity contribution in [2.45, 2.75) is 13.3 Å². The molecule has 0 radical (unpaired) electrons. The quantitative estimate of drug-likeness (QED) is 0.209. The fraction of sp³-hybridized carbons (Fsp3) is 0.214. The van der Waals surface area contributed by atoms with Crippen molar-refractivity contribution in [2.24, 2.45) is 5.10 Å². The number of nitrogens with zero attached hydrogens (tertiary/aromatic N) is 2. The van der Waals surface area contributed by atoms with E-state index in [1.165, 1.54) is 5.38 Å². The second-order valence-electron chi connectivity index (χ2n) is 4.48. The molecule has 0 saturated heterocycles. The van der Waals surface area contributed by atoms with Crippen LogP contribution >= 0.6 is 11.3 Å². The van der Waals surface area contributed by atoms with Crippen LogP contribution < -0.4 is 5.43 Å². The highest BCUT2D eigenvalue weighted by Crippen LogP contribution is 2.22. The molecule has 5 nitrogen and oxygen atoms in total. The number of aromatic nitrogens is 1. The van der Waals surface area contributed by atoms with Gasteiger partial charge < -0.3 is 4.74 Å². The maximum Gasteiger partial charge on any atom is 0.311 e. The van der Waals surface area contributed by atoms with Crippen molar-refractivity contribution in [1.29, 1.82) is 0 Å². The van der Waals surface area contributed by atoms with Crippen molar-refractivity contribution in [3.63, 3.8) is 0 Å². The lowest BCUT2D eigenvalue weighted by molar-refractivity contribution is -0.142. The molecular weight excluding hydrogens is 369 g/mol. The van der Waals surface area contributed by atoms with Gasteiger partial charge in [0.05, 0.1) is 30.5 Å². The molecule has 0 unspecified atom stereocenters. The molecule has 1 aromatic carbocycles. The summed E-state index contributed by atoms with van der Waals surface area (Å²) >= 11 is 1.02. The van der Waals surface area contributed by atoms with E-state index in [9.17, 15) is 26.7 Å². The second kappa shape index (κ2) is 8.01. The number of hydrogen-bond acceptors (Lipinski definition) is 6. The van der Waals surface area contributed by atoms with Gasteiger partial charge in [0, 0.05) is 5.38 Å². The fourth-order valence-electron chi connectivity index (χ4n) is 1.69. The van der Waals surface area contributed by atoms with E-state index in [1.54, 1.807) is 6.92 Å². The standard InChI is InChI=1S/C14H10F5N3O2S/c1-2-24-8(23)3-6-5-25-14(21-6)22-20-4-7-9(15)11(17)13(19)12(18)10(7)16/h4-5H,2-3H2,1H3,(H,21,22). The predicted molar refractivity (Wildman–Crippen MR) is 79.9 cm³/mol. The van der Waals surface area contributed by atoms with Gasteiger partial charge in [-0.15, -0.1) is 11.3 Å². The summed E-state index contributed by atoms with van der Waals surface area (Å²) < 4.78 is 70.6. The monoisotopic (exact) mass is 379 g/mol. The number of benzene rings is 1. The van der Waals surface area contributed by atoms with Crippen LogP contribution in [-0.2, 0) is 16.0 Å². The van der Waals surface area contributed by atoms with Crippen molar-refractivity contribution in [2.75, 3.05) is 12.0 Å². The van der Waals surface area contributed by atoms with Crippen LogP contribution in [0.2, 0.25) is 0 Å². The van der Waals surface area contributed by atoms with Gasteiger partial charge in [-0.2, -0.15) is 5.10 Å². The van der Waals surface area contributed by atoms with Crippen LogP contribution in [0.3, 0.4) is 0 Å². The Bertz CT molecular complexity index is 796. The van der Waals surface area contributed by atoms with Gasteiger partial charge in [0.15, 0.2) is 23.3 Å². The molecule has 0 amide bonds. The van der Waals surface area contributed by atoms with Gasteiger partial charge in [0.25, 0.3) is 0 Å². The maximum atomic E-state index is 13.4. The Morgan fingerprint density at radius 1 is 1.20 bits per heavy atom. The highest BCUT2D eigenvalue weighted by molar-refractivity contribution is 7.13. The topological polar surface area (TPSA) is 63.6 Å². The molecule has 2 aromatic rings. The minimum Gasteiger partial charge on any atom is -0.466 e. The molecule has 134 valence electrons. The lowest BCUT2D eigenvalue weighted by Gasteiger charge is -2.03. The van der Waals surface area contributed by atoms with Crippen molar-refractivity contribution < 1.29 is 31.5 Å². The van der Waals surface area contributed by atoms with Gasteiger partial charge >= 0.3 is 5.97 Å². The summed E-state index contributed by atoms with van der Waals surface area (Å²) in [5.41, 5.74) is 1.46. The number of carbonyl (C=O) groups is 1. The van der Waals surface area contributed by atoms with Crippen LogP contribution in [0.5, 0.6) is 0 Å². The molecule has 0 fully saturated rings. The predicted octanol–water partition coefficient (Wildman–Crippen LogP) is 3.39. The number of hydrazone groups is 1. The van der Waals surface area contributed by atoms with E-state index < -0.39 is 40.6 Å². The highest BCUT2D eigenvalue weighted by atomic mass is 32.1. The third kappa shape index (κ3) is 4.29. The Morgan fingerprint density at radius 3 is 2.40 bits per heavy atom. The number of halogens is 5. The van der Waals surface area contributed by atoms with Crippen LogP contribution in [-0.4, -0.2) is 23.8 Å². The minimum absolute atomic E-state index is 0.0760. The Labute approximate surface area is 142 Å². The van der Waals surface area contributed by atoms with Crippen molar-refractivity contribution in [3.05, 3.63) is 45.7 Å². The smallest absolute Gasteiger partial charge is 0.311 e. The zero-order chi connectivity index (χ0) is 18.6. The summed E-state index contributed by atoms with van der Waals surface area (Å²) in [6.07, 6.45) is 0.371. The average molecular weight is 379 g/mol. The fourth-order valence-corrected chi connectivity index (χ4v) is 2.35. The molecule has 2 rings (SSSR count). The third-order valence-corrected chi connectivity index (χ3v) is 3.58. The summed E-state index contributed by atoms with van der Waals surface area (Å²) in [7, 11) is 0. The molecule has 0 saturated carbocycles. The minimum atomic E-state index is -2.25. The van der Waals surface area contributed by atoms with Gasteiger partial charge in [-0.3, -0.25) is 10.2 Å². The van der Waals surface area contributed by atoms with Gasteiger partial charge in [-0.05, 0) is 6.92 Å². The van der Waals surface area contributed by atoms with E-state index in [1.807, 2.05) is 0 Å². The average Bonchev–Trinajstić information content (AvgIpc) is 3.01. The van der Waals surface area contributed by atoms with E-state index in [0.717, 1.165) is 11.3 Å². The van der Waals surface area contributed by atoms with Crippen molar-refractivity contribution >= 4 is 28.7 Å². The van der Waals surface area contributed by atoms with Crippen LogP contribution in [0, 0.1) is 29.1 Å². The molecule has 25 heavy (non-hydrogen) atoms. The Morgan fingerprint density at radius 2 is 1.80 bits per heavy atom. The van der Waals surface area contributed by atoms with E-state index in [4.69, 9.17) is 4.74 Å². The number of carbonyl (C=O) groups excluding carboxylic acids is 1. The van der Waals surface area contributed by atoms with Crippen LogP contribution in [0.15, 0.2) is 10.5 Å². The Hall–Kier alpha value is -2.56. The molecule has 0 bridgehead atoms. The molecule has 1 aromatic heterocycles. The summed E-state index contributed by atoms with van der Waals surface area (Å²) in [6.45, 7) is 1.88. The van der Waals surface area contributed by atoms with Gasteiger partial charge in [0.2, 0.25) is 10.9 Å². The zero-order valence-electron chi connectivity index (χ0n) is 12.6. The largest absolute Gasteiger partial charge is 0.466 e. The molecule has 0 atom stereocenters. The van der Waals surface area contributed by atoms with E-state index in [0.29, 0.717) is 11.9 Å². The molecule has 0 aliphatic carbocycles. The first kappa shape index (κ1) is 18.8. The van der Waals surface area contributed by atoms with Crippen LogP contribution in [0.4, 0.5) is 27.1 Å². The number of ether oxygens (including phenoxy) is 1.